The summed E-state index contributed by atoms with van der Waals surface area (Å²) in [5, 5.41) is 10.3. The number of amides is 1. The van der Waals surface area contributed by atoms with Crippen molar-refractivity contribution in [2.45, 2.75) is 24.9 Å². The zero-order chi connectivity index (χ0) is 18.3. The zero-order valence-electron chi connectivity index (χ0n) is 14.7. The van der Waals surface area contributed by atoms with Crippen LogP contribution in [0.1, 0.15) is 34.6 Å². The first-order chi connectivity index (χ1) is 13.2. The first-order valence-electron chi connectivity index (χ1n) is 9.06. The van der Waals surface area contributed by atoms with E-state index in [9.17, 15) is 4.79 Å². The van der Waals surface area contributed by atoms with Crippen LogP contribution < -0.4 is 5.32 Å². The minimum atomic E-state index is -0.238. The summed E-state index contributed by atoms with van der Waals surface area (Å²) >= 11 is 0. The van der Waals surface area contributed by atoms with Gasteiger partial charge in [0.1, 0.15) is 5.69 Å². The number of carbonyl (C=O) groups is 1. The average molecular weight is 357 g/mol. The van der Waals surface area contributed by atoms with Gasteiger partial charge in [-0.1, -0.05) is 42.5 Å². The minimum Gasteiger partial charge on any atom is -0.341 e. The Hall–Kier alpha value is -3.41. The monoisotopic (exact) mass is 357 g/mol. The van der Waals surface area contributed by atoms with Crippen molar-refractivity contribution >= 4 is 16.9 Å². The topological polar surface area (TPSA) is 75.6 Å². The summed E-state index contributed by atoms with van der Waals surface area (Å²) in [6, 6.07) is 19.9. The lowest BCUT2D eigenvalue weighted by molar-refractivity contribution is 0.0925. The highest BCUT2D eigenvalue weighted by atomic mass is 16.2. The summed E-state index contributed by atoms with van der Waals surface area (Å²) < 4.78 is 2.04. The highest BCUT2D eigenvalue weighted by Crippen LogP contribution is 2.45. The Morgan fingerprint density at radius 2 is 1.89 bits per heavy atom. The van der Waals surface area contributed by atoms with Crippen molar-refractivity contribution in [3.8, 4) is 0 Å². The number of benzene rings is 2. The van der Waals surface area contributed by atoms with Crippen LogP contribution >= 0.6 is 0 Å². The normalized spacial score (nSPS) is 15.0. The van der Waals surface area contributed by atoms with Gasteiger partial charge in [-0.05, 0) is 36.6 Å². The number of hydrogen-bond donors (Lipinski definition) is 2. The molecule has 1 saturated carbocycles. The predicted octanol–water partition coefficient (Wildman–Crippen LogP) is 3.23. The summed E-state index contributed by atoms with van der Waals surface area (Å²) in [5.74, 6) is -0.144. The standard InChI is InChI=1S/C21H19N5O/c27-20(23-21(10-11-21)15-6-2-1-3-7-15)18-12-16(24-25-18)13-26-14-22-17-8-4-5-9-19(17)26/h1-9,12,14H,10-11,13H2,(H,23,27)(H,24,25). The van der Waals surface area contributed by atoms with Crippen LogP contribution in [0.5, 0.6) is 0 Å². The number of aromatic amines is 1. The van der Waals surface area contributed by atoms with Crippen LogP contribution in [0.15, 0.2) is 67.0 Å². The molecule has 0 bridgehead atoms. The molecule has 0 radical (unpaired) electrons. The van der Waals surface area contributed by atoms with Crippen LogP contribution in [0.25, 0.3) is 11.0 Å². The van der Waals surface area contributed by atoms with E-state index < -0.39 is 0 Å². The number of carbonyl (C=O) groups excluding carboxylic acids is 1. The molecule has 0 saturated heterocycles. The van der Waals surface area contributed by atoms with Crippen LogP contribution in [-0.2, 0) is 12.1 Å². The van der Waals surface area contributed by atoms with Crippen LogP contribution in [0, 0.1) is 0 Å². The number of fused-ring (bicyclic) bond motifs is 1. The SMILES string of the molecule is O=C(NC1(c2ccccc2)CC1)c1cc(Cn2cnc3ccccc32)[nH]n1. The van der Waals surface area contributed by atoms with E-state index in [2.05, 4.69) is 32.6 Å². The Labute approximate surface area is 156 Å². The van der Waals surface area contributed by atoms with Gasteiger partial charge >= 0.3 is 0 Å². The number of nitrogens with zero attached hydrogens (tertiary/aromatic N) is 3. The molecular weight excluding hydrogens is 338 g/mol. The van der Waals surface area contributed by atoms with E-state index in [4.69, 9.17) is 0 Å². The summed E-state index contributed by atoms with van der Waals surface area (Å²) in [6.07, 6.45) is 3.72. The molecule has 1 amide bonds. The number of para-hydroxylation sites is 2. The van der Waals surface area contributed by atoms with Crippen LogP contribution in [0.3, 0.4) is 0 Å². The number of nitrogens with one attached hydrogen (secondary N) is 2. The molecule has 1 aliphatic rings. The predicted molar refractivity (Wildman–Crippen MR) is 102 cm³/mol. The van der Waals surface area contributed by atoms with Gasteiger partial charge in [-0.2, -0.15) is 5.10 Å². The lowest BCUT2D eigenvalue weighted by atomic mass is 10.0. The molecule has 5 rings (SSSR count). The van der Waals surface area contributed by atoms with Gasteiger partial charge in [0.15, 0.2) is 0 Å². The highest BCUT2D eigenvalue weighted by Gasteiger charge is 2.45. The summed E-state index contributed by atoms with van der Waals surface area (Å²) in [6.45, 7) is 0.588. The maximum absolute atomic E-state index is 12.7. The van der Waals surface area contributed by atoms with Crippen molar-refractivity contribution in [2.24, 2.45) is 0 Å². The van der Waals surface area contributed by atoms with E-state index in [0.29, 0.717) is 12.2 Å². The fourth-order valence-corrected chi connectivity index (χ4v) is 3.53. The van der Waals surface area contributed by atoms with E-state index in [0.717, 1.165) is 35.1 Å². The molecule has 27 heavy (non-hydrogen) atoms. The Morgan fingerprint density at radius 3 is 2.70 bits per heavy atom. The molecular formula is C21H19N5O. The Morgan fingerprint density at radius 1 is 1.11 bits per heavy atom. The molecule has 1 aliphatic carbocycles. The molecule has 0 unspecified atom stereocenters. The smallest absolute Gasteiger partial charge is 0.272 e. The molecule has 2 aromatic heterocycles. The number of aromatic nitrogens is 4. The Kier molecular flexibility index (Phi) is 3.57. The van der Waals surface area contributed by atoms with E-state index in [1.54, 1.807) is 6.33 Å². The van der Waals surface area contributed by atoms with Crippen molar-refractivity contribution in [3.63, 3.8) is 0 Å². The van der Waals surface area contributed by atoms with Crippen LogP contribution in [-0.4, -0.2) is 25.7 Å². The number of H-pyrrole nitrogens is 1. The third kappa shape index (κ3) is 2.89. The molecule has 134 valence electrons. The zero-order valence-corrected chi connectivity index (χ0v) is 14.7. The van der Waals surface area contributed by atoms with Crippen molar-refractivity contribution in [1.82, 2.24) is 25.1 Å². The van der Waals surface area contributed by atoms with Gasteiger partial charge in [0, 0.05) is 0 Å². The van der Waals surface area contributed by atoms with Crippen LogP contribution in [0.2, 0.25) is 0 Å². The molecule has 2 heterocycles. The average Bonchev–Trinajstić information content (AvgIpc) is 3.15. The molecule has 2 aromatic carbocycles. The third-order valence-electron chi connectivity index (χ3n) is 5.16. The quantitative estimate of drug-likeness (QED) is 0.576. The van der Waals surface area contributed by atoms with E-state index in [-0.39, 0.29) is 11.4 Å². The molecule has 1 fully saturated rings. The first kappa shape index (κ1) is 15.8. The second kappa shape index (κ2) is 6.09. The first-order valence-corrected chi connectivity index (χ1v) is 9.06. The van der Waals surface area contributed by atoms with Crippen LogP contribution in [0.4, 0.5) is 0 Å². The van der Waals surface area contributed by atoms with Gasteiger partial charge in [0.2, 0.25) is 0 Å². The summed E-state index contributed by atoms with van der Waals surface area (Å²) in [5.41, 5.74) is 4.20. The second-order valence-electron chi connectivity index (χ2n) is 7.04. The third-order valence-corrected chi connectivity index (χ3v) is 5.16. The van der Waals surface area contributed by atoms with Gasteiger partial charge in [0.05, 0.1) is 35.1 Å². The molecule has 6 nitrogen and oxygen atoms in total. The minimum absolute atomic E-state index is 0.144. The second-order valence-corrected chi connectivity index (χ2v) is 7.04. The summed E-state index contributed by atoms with van der Waals surface area (Å²) in [7, 11) is 0. The van der Waals surface area contributed by atoms with E-state index >= 15 is 0 Å². The molecule has 2 N–H and O–H groups in total. The number of imidazole rings is 1. The molecule has 0 spiro atoms. The van der Waals surface area contributed by atoms with Crippen molar-refractivity contribution in [2.75, 3.05) is 0 Å². The lowest BCUT2D eigenvalue weighted by Crippen LogP contribution is -2.35. The molecule has 0 atom stereocenters. The largest absolute Gasteiger partial charge is 0.341 e. The maximum Gasteiger partial charge on any atom is 0.272 e. The van der Waals surface area contributed by atoms with Crippen molar-refractivity contribution in [3.05, 3.63) is 83.9 Å². The molecule has 4 aromatic rings. The van der Waals surface area contributed by atoms with Gasteiger partial charge in [0.25, 0.3) is 5.91 Å². The van der Waals surface area contributed by atoms with E-state index in [1.807, 2.05) is 53.1 Å². The van der Waals surface area contributed by atoms with Crippen molar-refractivity contribution in [1.29, 1.82) is 0 Å². The lowest BCUT2D eigenvalue weighted by Gasteiger charge is -2.17. The van der Waals surface area contributed by atoms with Crippen molar-refractivity contribution < 1.29 is 4.79 Å². The maximum atomic E-state index is 12.7. The number of rotatable bonds is 5. The Balaban J connectivity index is 1.33. The van der Waals surface area contributed by atoms with Gasteiger partial charge in [-0.25, -0.2) is 4.98 Å². The number of hydrogen-bond acceptors (Lipinski definition) is 3. The Bertz CT molecular complexity index is 1110. The van der Waals surface area contributed by atoms with Gasteiger partial charge in [-0.3, -0.25) is 9.89 Å². The molecule has 6 heteroatoms. The van der Waals surface area contributed by atoms with Gasteiger partial charge < -0.3 is 9.88 Å². The fourth-order valence-electron chi connectivity index (χ4n) is 3.53. The van der Waals surface area contributed by atoms with Gasteiger partial charge in [-0.15, -0.1) is 0 Å². The fraction of sp³-hybridized carbons (Fsp3) is 0.190. The van der Waals surface area contributed by atoms with E-state index in [1.165, 1.54) is 0 Å². The molecule has 0 aliphatic heterocycles. The highest BCUT2D eigenvalue weighted by molar-refractivity contribution is 5.93. The summed E-state index contributed by atoms with van der Waals surface area (Å²) in [4.78, 5) is 17.1.